The van der Waals surface area contributed by atoms with Crippen LogP contribution in [0.3, 0.4) is 0 Å². The zero-order valence-electron chi connectivity index (χ0n) is 11.7. The molecule has 1 heterocycles. The smallest absolute Gasteiger partial charge is 0.271 e. The third kappa shape index (κ3) is 3.67. The van der Waals surface area contributed by atoms with Crippen molar-refractivity contribution in [2.75, 3.05) is 0 Å². The summed E-state index contributed by atoms with van der Waals surface area (Å²) in [6, 6.07) is 16.9. The lowest BCUT2D eigenvalue weighted by Crippen LogP contribution is -2.26. The monoisotopic (exact) mass is 500 g/mol. The molecule has 0 saturated carbocycles. The zero-order chi connectivity index (χ0) is 16.4. The molecule has 0 bridgehead atoms. The van der Waals surface area contributed by atoms with Crippen molar-refractivity contribution in [3.8, 4) is 5.75 Å². The Morgan fingerprint density at radius 1 is 1.04 bits per heavy atom. The predicted molar refractivity (Wildman–Crippen MR) is 101 cm³/mol. The number of hydrogen-bond donors (Lipinski definition) is 0. The minimum Gasteiger partial charge on any atom is -0.486 e. The number of hydrogen-bond acceptors (Lipinski definition) is 3. The number of benzene rings is 2. The molecule has 7 heteroatoms. The van der Waals surface area contributed by atoms with Crippen LogP contribution in [-0.2, 0) is 6.61 Å². The average molecular weight is 503 g/mol. The maximum atomic E-state index is 12.7. The van der Waals surface area contributed by atoms with Crippen LogP contribution in [0.15, 0.2) is 54.6 Å². The van der Waals surface area contributed by atoms with Gasteiger partial charge in [-0.15, -0.1) is 0 Å². The number of carbonyl (C=O) groups is 1. The Morgan fingerprint density at radius 3 is 2.39 bits per heavy atom. The van der Waals surface area contributed by atoms with E-state index in [0.29, 0.717) is 5.82 Å². The van der Waals surface area contributed by atoms with Gasteiger partial charge in [0.05, 0.1) is 11.0 Å². The summed E-state index contributed by atoms with van der Waals surface area (Å²) in [6.07, 6.45) is 0. The molecule has 118 valence electrons. The molecule has 23 heavy (non-hydrogen) atoms. The molecule has 0 radical (unpaired) electrons. The van der Waals surface area contributed by atoms with Gasteiger partial charge in [-0.3, -0.25) is 9.36 Å². The van der Waals surface area contributed by atoms with Crippen LogP contribution in [0.4, 0.5) is 0 Å². The first-order chi connectivity index (χ1) is 11.0. The Bertz CT molecular complexity index is 841. The lowest BCUT2D eigenvalue weighted by molar-refractivity contribution is 0.0926. The molecule has 0 saturated heterocycles. The van der Waals surface area contributed by atoms with Crippen molar-refractivity contribution in [1.82, 2.24) is 9.55 Å². The van der Waals surface area contributed by atoms with E-state index in [-0.39, 0.29) is 12.5 Å². The van der Waals surface area contributed by atoms with Crippen molar-refractivity contribution in [1.29, 1.82) is 0 Å². The zero-order valence-corrected chi connectivity index (χ0v) is 16.5. The van der Waals surface area contributed by atoms with Crippen LogP contribution in [-0.4, -0.2) is 17.6 Å². The summed E-state index contributed by atoms with van der Waals surface area (Å²) in [6.45, 7) is 0.188. The highest BCUT2D eigenvalue weighted by molar-refractivity contribution is 9.40. The van der Waals surface area contributed by atoms with E-state index < -0.39 is 2.14 Å². The first-order valence-electron chi connectivity index (χ1n) is 6.72. The van der Waals surface area contributed by atoms with Gasteiger partial charge in [0.25, 0.3) is 5.91 Å². The highest BCUT2D eigenvalue weighted by Crippen LogP contribution is 2.36. The van der Waals surface area contributed by atoms with Gasteiger partial charge in [0, 0.05) is 0 Å². The number of nitrogens with zero attached hydrogens (tertiary/aromatic N) is 2. The largest absolute Gasteiger partial charge is 0.486 e. The van der Waals surface area contributed by atoms with Crippen molar-refractivity contribution in [3.63, 3.8) is 0 Å². The topological polar surface area (TPSA) is 44.1 Å². The molecule has 1 aromatic heterocycles. The molecule has 0 fully saturated rings. The van der Waals surface area contributed by atoms with Crippen molar-refractivity contribution in [2.24, 2.45) is 0 Å². The van der Waals surface area contributed by atoms with Crippen molar-refractivity contribution in [3.05, 3.63) is 60.4 Å². The van der Waals surface area contributed by atoms with Crippen LogP contribution in [0.2, 0.25) is 0 Å². The van der Waals surface area contributed by atoms with Gasteiger partial charge in [-0.05, 0) is 72.1 Å². The number of carbonyl (C=O) groups excluding carboxylic acids is 1. The molecule has 3 aromatic rings. The number of alkyl halides is 3. The van der Waals surface area contributed by atoms with E-state index in [1.54, 1.807) is 0 Å². The van der Waals surface area contributed by atoms with E-state index in [4.69, 9.17) is 4.74 Å². The van der Waals surface area contributed by atoms with E-state index in [1.165, 1.54) is 4.57 Å². The summed E-state index contributed by atoms with van der Waals surface area (Å²) < 4.78 is 6.22. The van der Waals surface area contributed by atoms with Gasteiger partial charge in [0.1, 0.15) is 12.4 Å². The van der Waals surface area contributed by atoms with Crippen molar-refractivity contribution in [2.45, 2.75) is 8.75 Å². The average Bonchev–Trinajstić information content (AvgIpc) is 2.90. The predicted octanol–water partition coefficient (Wildman–Crippen LogP) is 5.09. The second-order valence-corrected chi connectivity index (χ2v) is 11.5. The van der Waals surface area contributed by atoms with Crippen LogP contribution in [0.25, 0.3) is 11.0 Å². The molecule has 0 aliphatic heterocycles. The van der Waals surface area contributed by atoms with Gasteiger partial charge in [-0.1, -0.05) is 30.3 Å². The molecule has 4 nitrogen and oxygen atoms in total. The highest BCUT2D eigenvalue weighted by Gasteiger charge is 2.33. The summed E-state index contributed by atoms with van der Waals surface area (Å²) in [7, 11) is 0. The SMILES string of the molecule is O=C(n1c(COc2ccccc2)nc2ccccc21)C(Br)(Br)Br. The Morgan fingerprint density at radius 2 is 1.70 bits per heavy atom. The van der Waals surface area contributed by atoms with Crippen LogP contribution >= 0.6 is 47.8 Å². The highest BCUT2D eigenvalue weighted by atomic mass is 80.0. The number of fused-ring (bicyclic) bond motifs is 1. The maximum Gasteiger partial charge on any atom is 0.271 e. The fourth-order valence-corrected chi connectivity index (χ4v) is 2.72. The number of para-hydroxylation sites is 3. The number of rotatable bonds is 3. The van der Waals surface area contributed by atoms with E-state index in [1.807, 2.05) is 54.6 Å². The van der Waals surface area contributed by atoms with Crippen LogP contribution in [0.5, 0.6) is 5.75 Å². The van der Waals surface area contributed by atoms with Crippen molar-refractivity contribution < 1.29 is 9.53 Å². The molecule has 0 aliphatic rings. The Kier molecular flexibility index (Phi) is 4.89. The molecule has 0 atom stereocenters. The lowest BCUT2D eigenvalue weighted by atomic mass is 10.3. The second kappa shape index (κ2) is 6.75. The van der Waals surface area contributed by atoms with Gasteiger partial charge < -0.3 is 4.74 Å². The molecule has 0 aliphatic carbocycles. The van der Waals surface area contributed by atoms with E-state index in [0.717, 1.165) is 16.8 Å². The number of ether oxygens (including phenoxy) is 1. The maximum absolute atomic E-state index is 12.7. The second-order valence-electron chi connectivity index (χ2n) is 4.76. The summed E-state index contributed by atoms with van der Waals surface area (Å²) in [5.74, 6) is 1.02. The van der Waals surface area contributed by atoms with E-state index >= 15 is 0 Å². The van der Waals surface area contributed by atoms with Gasteiger partial charge in [0.15, 0.2) is 5.82 Å². The summed E-state index contributed by atoms with van der Waals surface area (Å²) in [5.41, 5.74) is 1.47. The molecule has 0 spiro atoms. The van der Waals surface area contributed by atoms with Crippen LogP contribution in [0, 0.1) is 0 Å². The summed E-state index contributed by atoms with van der Waals surface area (Å²) >= 11 is 9.83. The Hall–Kier alpha value is -1.18. The summed E-state index contributed by atoms with van der Waals surface area (Å²) in [4.78, 5) is 17.2. The molecule has 0 amide bonds. The van der Waals surface area contributed by atoms with Gasteiger partial charge in [-0.2, -0.15) is 0 Å². The molecular formula is C16H11Br3N2O2. The minimum absolute atomic E-state index is 0.188. The number of halogens is 3. The summed E-state index contributed by atoms with van der Waals surface area (Å²) in [5, 5.41) is 0. The molecule has 3 rings (SSSR count). The quantitative estimate of drug-likeness (QED) is 0.468. The van der Waals surface area contributed by atoms with Crippen LogP contribution in [0.1, 0.15) is 10.6 Å². The fourth-order valence-electron chi connectivity index (χ4n) is 2.19. The number of aromatic nitrogens is 2. The third-order valence-electron chi connectivity index (χ3n) is 3.19. The van der Waals surface area contributed by atoms with E-state index in [2.05, 4.69) is 52.8 Å². The molecular weight excluding hydrogens is 492 g/mol. The first-order valence-corrected chi connectivity index (χ1v) is 9.10. The Balaban J connectivity index is 2.00. The lowest BCUT2D eigenvalue weighted by Gasteiger charge is -2.14. The van der Waals surface area contributed by atoms with Gasteiger partial charge >= 0.3 is 0 Å². The van der Waals surface area contributed by atoms with Crippen LogP contribution < -0.4 is 4.74 Å². The first kappa shape index (κ1) is 16.7. The normalized spacial score (nSPS) is 11.6. The third-order valence-corrected chi connectivity index (χ3v) is 4.20. The standard InChI is InChI=1S/C16H11Br3N2O2/c17-16(18,19)15(22)21-13-9-5-4-8-12(13)20-14(21)10-23-11-6-2-1-3-7-11/h1-9H,10H2. The molecule has 0 unspecified atom stereocenters. The molecule has 2 aromatic carbocycles. The van der Waals surface area contributed by atoms with E-state index in [9.17, 15) is 4.79 Å². The fraction of sp³-hybridized carbons (Fsp3) is 0.125. The number of imidazole rings is 1. The van der Waals surface area contributed by atoms with Gasteiger partial charge in [-0.25, -0.2) is 4.98 Å². The molecule has 0 N–H and O–H groups in total. The van der Waals surface area contributed by atoms with Gasteiger partial charge in [0.2, 0.25) is 2.14 Å². The minimum atomic E-state index is -1.06. The van der Waals surface area contributed by atoms with Crippen molar-refractivity contribution >= 4 is 64.7 Å². The Labute approximate surface area is 158 Å².